The molecule has 0 aliphatic carbocycles. The van der Waals surface area contributed by atoms with Crippen molar-refractivity contribution in [3.05, 3.63) is 24.5 Å². The van der Waals surface area contributed by atoms with E-state index >= 15 is 0 Å². The summed E-state index contributed by atoms with van der Waals surface area (Å²) in [5.74, 6) is 0. The third-order valence-electron chi connectivity index (χ3n) is 1.71. The van der Waals surface area contributed by atoms with Crippen LogP contribution >= 0.6 is 0 Å². The molecule has 0 radical (unpaired) electrons. The van der Waals surface area contributed by atoms with Gasteiger partial charge in [-0.05, 0) is 12.1 Å². The molecule has 1 rings (SSSR count). The van der Waals surface area contributed by atoms with Gasteiger partial charge in [-0.2, -0.15) is 0 Å². The number of hydrogen-bond donors (Lipinski definition) is 3. The van der Waals surface area contributed by atoms with Gasteiger partial charge in [-0.1, -0.05) is 0 Å². The van der Waals surface area contributed by atoms with E-state index in [4.69, 9.17) is 9.84 Å². The Kier molecular flexibility index (Phi) is 5.90. The summed E-state index contributed by atoms with van der Waals surface area (Å²) >= 11 is 0. The van der Waals surface area contributed by atoms with Crippen molar-refractivity contribution < 1.29 is 14.6 Å². The minimum absolute atomic E-state index is 0.0107. The van der Waals surface area contributed by atoms with Crippen LogP contribution < -0.4 is 10.6 Å². The Morgan fingerprint density at radius 3 is 2.81 bits per heavy atom. The number of rotatable bonds is 6. The fraction of sp³-hybridized carbons (Fsp3) is 0.400. The molecule has 88 valence electrons. The van der Waals surface area contributed by atoms with Crippen LogP contribution in [0.15, 0.2) is 24.5 Å². The van der Waals surface area contributed by atoms with Crippen LogP contribution in [0.5, 0.6) is 0 Å². The smallest absolute Gasteiger partial charge is 0.319 e. The highest BCUT2D eigenvalue weighted by Gasteiger charge is 1.99. The number of aromatic nitrogens is 1. The summed E-state index contributed by atoms with van der Waals surface area (Å²) in [5.41, 5.74) is 0.684. The standard InChI is InChI=1S/C10H15N3O3/c14-6-8-16-7-5-12-10(15)13-9-1-3-11-4-2-9/h1-4,14H,5-8H2,(H2,11,12,13,15). The van der Waals surface area contributed by atoms with Crippen LogP contribution in [0.2, 0.25) is 0 Å². The molecule has 6 heteroatoms. The first-order chi connectivity index (χ1) is 7.83. The molecule has 0 saturated heterocycles. The Balaban J connectivity index is 2.12. The van der Waals surface area contributed by atoms with E-state index in [0.29, 0.717) is 18.8 Å². The first-order valence-electron chi connectivity index (χ1n) is 4.96. The summed E-state index contributed by atoms with van der Waals surface area (Å²) in [6, 6.07) is 3.10. The normalized spacial score (nSPS) is 9.81. The van der Waals surface area contributed by atoms with Gasteiger partial charge >= 0.3 is 6.03 Å². The average molecular weight is 225 g/mol. The van der Waals surface area contributed by atoms with Crippen LogP contribution in [0.1, 0.15) is 0 Å². The SMILES string of the molecule is O=C(NCCOCCO)Nc1ccncc1. The van der Waals surface area contributed by atoms with Crippen LogP contribution in [0, 0.1) is 0 Å². The van der Waals surface area contributed by atoms with Crippen LogP contribution in [0.4, 0.5) is 10.5 Å². The van der Waals surface area contributed by atoms with E-state index < -0.39 is 0 Å². The number of nitrogens with one attached hydrogen (secondary N) is 2. The Morgan fingerprint density at radius 1 is 1.38 bits per heavy atom. The molecule has 0 unspecified atom stereocenters. The summed E-state index contributed by atoms with van der Waals surface area (Å²) in [5, 5.41) is 13.7. The molecule has 16 heavy (non-hydrogen) atoms. The largest absolute Gasteiger partial charge is 0.394 e. The Labute approximate surface area is 93.6 Å². The predicted octanol–water partition coefficient (Wildman–Crippen LogP) is 0.212. The highest BCUT2D eigenvalue weighted by Crippen LogP contribution is 2.01. The van der Waals surface area contributed by atoms with Gasteiger partial charge < -0.3 is 20.5 Å². The van der Waals surface area contributed by atoms with Crippen molar-refractivity contribution in [1.29, 1.82) is 0 Å². The summed E-state index contributed by atoms with van der Waals surface area (Å²) in [6.07, 6.45) is 3.19. The molecule has 1 aromatic heterocycles. The summed E-state index contributed by atoms with van der Waals surface area (Å²) < 4.78 is 4.98. The summed E-state index contributed by atoms with van der Waals surface area (Å²) in [4.78, 5) is 15.1. The van der Waals surface area contributed by atoms with Crippen molar-refractivity contribution in [3.63, 3.8) is 0 Å². The van der Waals surface area contributed by atoms with Gasteiger partial charge in [0.25, 0.3) is 0 Å². The lowest BCUT2D eigenvalue weighted by atomic mass is 10.4. The molecule has 2 amide bonds. The zero-order chi connectivity index (χ0) is 11.6. The number of nitrogens with zero attached hydrogens (tertiary/aromatic N) is 1. The van der Waals surface area contributed by atoms with Gasteiger partial charge in [0.1, 0.15) is 0 Å². The second-order valence-corrected chi connectivity index (χ2v) is 2.95. The highest BCUT2D eigenvalue weighted by atomic mass is 16.5. The maximum absolute atomic E-state index is 11.3. The number of aliphatic hydroxyl groups excluding tert-OH is 1. The molecular formula is C10H15N3O3. The van der Waals surface area contributed by atoms with E-state index in [1.807, 2.05) is 0 Å². The molecular weight excluding hydrogens is 210 g/mol. The lowest BCUT2D eigenvalue weighted by Crippen LogP contribution is -2.31. The molecule has 1 heterocycles. The average Bonchev–Trinajstić information content (AvgIpc) is 2.30. The lowest BCUT2D eigenvalue weighted by molar-refractivity contribution is 0.0950. The minimum Gasteiger partial charge on any atom is -0.394 e. The number of carbonyl (C=O) groups is 1. The van der Waals surface area contributed by atoms with Gasteiger partial charge in [-0.3, -0.25) is 4.98 Å². The Bertz CT molecular complexity index is 305. The second-order valence-electron chi connectivity index (χ2n) is 2.95. The number of ether oxygens (including phenoxy) is 1. The quantitative estimate of drug-likeness (QED) is 0.604. The monoisotopic (exact) mass is 225 g/mol. The molecule has 0 atom stereocenters. The molecule has 0 aliphatic rings. The maximum Gasteiger partial charge on any atom is 0.319 e. The van der Waals surface area contributed by atoms with Crippen molar-refractivity contribution in [3.8, 4) is 0 Å². The topological polar surface area (TPSA) is 83.5 Å². The number of anilines is 1. The van der Waals surface area contributed by atoms with E-state index in [1.54, 1.807) is 24.5 Å². The zero-order valence-corrected chi connectivity index (χ0v) is 8.85. The Hall–Kier alpha value is -1.66. The van der Waals surface area contributed by atoms with Crippen molar-refractivity contribution >= 4 is 11.7 Å². The fourth-order valence-electron chi connectivity index (χ4n) is 1.01. The Morgan fingerprint density at radius 2 is 2.12 bits per heavy atom. The number of urea groups is 1. The third kappa shape index (κ3) is 5.28. The van der Waals surface area contributed by atoms with Gasteiger partial charge in [0.05, 0.1) is 19.8 Å². The lowest BCUT2D eigenvalue weighted by Gasteiger charge is -2.07. The van der Waals surface area contributed by atoms with Crippen LogP contribution in [0.25, 0.3) is 0 Å². The van der Waals surface area contributed by atoms with Gasteiger partial charge in [0.15, 0.2) is 0 Å². The van der Waals surface area contributed by atoms with Crippen LogP contribution in [-0.4, -0.2) is 42.5 Å². The molecule has 0 aliphatic heterocycles. The number of hydrogen-bond acceptors (Lipinski definition) is 4. The molecule has 6 nitrogen and oxygen atoms in total. The van der Waals surface area contributed by atoms with E-state index in [1.165, 1.54) is 0 Å². The molecule has 0 spiro atoms. The van der Waals surface area contributed by atoms with Gasteiger partial charge in [-0.25, -0.2) is 4.79 Å². The molecule has 0 aromatic carbocycles. The fourth-order valence-corrected chi connectivity index (χ4v) is 1.01. The van der Waals surface area contributed by atoms with E-state index in [9.17, 15) is 4.79 Å². The maximum atomic E-state index is 11.3. The van der Waals surface area contributed by atoms with Gasteiger partial charge in [-0.15, -0.1) is 0 Å². The van der Waals surface area contributed by atoms with Gasteiger partial charge in [0, 0.05) is 24.6 Å². The minimum atomic E-state index is -0.293. The van der Waals surface area contributed by atoms with E-state index in [0.717, 1.165) is 0 Å². The first-order valence-corrected chi connectivity index (χ1v) is 4.96. The predicted molar refractivity (Wildman–Crippen MR) is 59.2 cm³/mol. The van der Waals surface area contributed by atoms with Crippen LogP contribution in [0.3, 0.4) is 0 Å². The van der Waals surface area contributed by atoms with E-state index in [2.05, 4.69) is 15.6 Å². The number of aliphatic hydroxyl groups is 1. The first kappa shape index (κ1) is 12.4. The molecule has 0 fully saturated rings. The van der Waals surface area contributed by atoms with Crippen molar-refractivity contribution in [2.75, 3.05) is 31.7 Å². The van der Waals surface area contributed by atoms with Crippen molar-refractivity contribution in [1.82, 2.24) is 10.3 Å². The third-order valence-corrected chi connectivity index (χ3v) is 1.71. The highest BCUT2D eigenvalue weighted by molar-refractivity contribution is 5.88. The molecule has 3 N–H and O–H groups in total. The number of amides is 2. The number of carbonyl (C=O) groups excluding carboxylic acids is 1. The summed E-state index contributed by atoms with van der Waals surface area (Å²) in [6.45, 7) is 1.05. The van der Waals surface area contributed by atoms with Crippen molar-refractivity contribution in [2.24, 2.45) is 0 Å². The molecule has 0 saturated carbocycles. The van der Waals surface area contributed by atoms with Gasteiger partial charge in [0.2, 0.25) is 0 Å². The zero-order valence-electron chi connectivity index (χ0n) is 8.85. The molecule has 0 bridgehead atoms. The molecule has 1 aromatic rings. The van der Waals surface area contributed by atoms with Crippen molar-refractivity contribution in [2.45, 2.75) is 0 Å². The number of pyridine rings is 1. The second kappa shape index (κ2) is 7.61. The van der Waals surface area contributed by atoms with E-state index in [-0.39, 0.29) is 19.2 Å². The summed E-state index contributed by atoms with van der Waals surface area (Å²) in [7, 11) is 0. The van der Waals surface area contributed by atoms with Crippen LogP contribution in [-0.2, 0) is 4.74 Å².